The molecule has 4 nitrogen and oxygen atoms in total. The van der Waals surface area contributed by atoms with Gasteiger partial charge in [0.15, 0.2) is 0 Å². The van der Waals surface area contributed by atoms with Crippen molar-refractivity contribution in [3.05, 3.63) is 33.9 Å². The van der Waals surface area contributed by atoms with E-state index in [0.717, 1.165) is 37.1 Å². The summed E-state index contributed by atoms with van der Waals surface area (Å²) in [5, 5.41) is 12.0. The third kappa shape index (κ3) is 4.20. The predicted octanol–water partition coefficient (Wildman–Crippen LogP) is 4.89. The van der Waals surface area contributed by atoms with Crippen LogP contribution in [0.25, 0.3) is 0 Å². The van der Waals surface area contributed by atoms with Crippen LogP contribution in [0.5, 0.6) is 0 Å². The van der Waals surface area contributed by atoms with Crippen LogP contribution >= 0.6 is 15.9 Å². The summed E-state index contributed by atoms with van der Waals surface area (Å²) in [5.41, 5.74) is 1.88. The Balaban J connectivity index is 3.20. The van der Waals surface area contributed by atoms with Crippen LogP contribution in [0, 0.1) is 10.1 Å². The summed E-state index contributed by atoms with van der Waals surface area (Å²) in [4.78, 5) is 13.2. The van der Waals surface area contributed by atoms with Crippen molar-refractivity contribution in [1.82, 2.24) is 0 Å². The quantitative estimate of drug-likeness (QED) is 0.383. The molecular formula is C15H23BrN2O2. The van der Waals surface area contributed by atoms with Gasteiger partial charge in [-0.2, -0.15) is 0 Å². The second-order valence-corrected chi connectivity index (χ2v) is 5.58. The lowest BCUT2D eigenvalue weighted by Gasteiger charge is -2.30. The van der Waals surface area contributed by atoms with E-state index in [1.165, 1.54) is 0 Å². The molecule has 0 aliphatic heterocycles. The SMILES string of the molecule is CCCCN(c1ccc(CBr)cc1[N+](=O)[O-])C(C)CC. The fraction of sp³-hybridized carbons (Fsp3) is 0.600. The lowest BCUT2D eigenvalue weighted by Crippen LogP contribution is -2.34. The number of anilines is 1. The average molecular weight is 343 g/mol. The second kappa shape index (κ2) is 8.25. The molecule has 0 saturated heterocycles. The molecule has 0 aromatic heterocycles. The maximum Gasteiger partial charge on any atom is 0.292 e. The zero-order chi connectivity index (χ0) is 15.1. The van der Waals surface area contributed by atoms with E-state index in [1.807, 2.05) is 12.1 Å². The van der Waals surface area contributed by atoms with Gasteiger partial charge in [-0.15, -0.1) is 0 Å². The molecule has 0 heterocycles. The Morgan fingerprint density at radius 1 is 1.40 bits per heavy atom. The second-order valence-electron chi connectivity index (χ2n) is 5.02. The van der Waals surface area contributed by atoms with Gasteiger partial charge in [-0.05, 0) is 31.4 Å². The summed E-state index contributed by atoms with van der Waals surface area (Å²) in [6.45, 7) is 7.23. The van der Waals surface area contributed by atoms with E-state index in [2.05, 4.69) is 41.6 Å². The molecule has 0 saturated carbocycles. The molecule has 20 heavy (non-hydrogen) atoms. The summed E-state index contributed by atoms with van der Waals surface area (Å²) in [6, 6.07) is 5.82. The van der Waals surface area contributed by atoms with E-state index >= 15 is 0 Å². The first kappa shape index (κ1) is 17.0. The van der Waals surface area contributed by atoms with Gasteiger partial charge in [-0.3, -0.25) is 10.1 Å². The van der Waals surface area contributed by atoms with Crippen molar-refractivity contribution in [3.63, 3.8) is 0 Å². The molecule has 1 aromatic carbocycles. The largest absolute Gasteiger partial charge is 0.363 e. The van der Waals surface area contributed by atoms with E-state index in [0.29, 0.717) is 11.4 Å². The van der Waals surface area contributed by atoms with Gasteiger partial charge in [0.2, 0.25) is 0 Å². The van der Waals surface area contributed by atoms with Gasteiger partial charge in [0.05, 0.1) is 4.92 Å². The topological polar surface area (TPSA) is 46.4 Å². The molecule has 1 atom stereocenters. The number of hydrogen-bond donors (Lipinski definition) is 0. The molecule has 0 radical (unpaired) electrons. The molecule has 0 aliphatic rings. The third-order valence-electron chi connectivity index (χ3n) is 3.58. The van der Waals surface area contributed by atoms with Gasteiger partial charge in [0.1, 0.15) is 5.69 Å². The Labute approximate surface area is 129 Å². The number of benzene rings is 1. The van der Waals surface area contributed by atoms with Crippen molar-refractivity contribution in [1.29, 1.82) is 0 Å². The number of unbranched alkanes of at least 4 members (excludes halogenated alkanes) is 1. The normalized spacial score (nSPS) is 12.2. The van der Waals surface area contributed by atoms with Crippen LogP contribution in [-0.2, 0) is 5.33 Å². The van der Waals surface area contributed by atoms with Crippen molar-refractivity contribution < 1.29 is 4.92 Å². The maximum absolute atomic E-state index is 11.3. The summed E-state index contributed by atoms with van der Waals surface area (Å²) < 4.78 is 0. The smallest absolute Gasteiger partial charge is 0.292 e. The first-order valence-electron chi connectivity index (χ1n) is 7.15. The standard InChI is InChI=1S/C15H23BrN2O2/c1-4-6-9-17(12(3)5-2)14-8-7-13(11-16)10-15(14)18(19)20/h7-8,10,12H,4-6,9,11H2,1-3H3. The molecule has 0 aliphatic carbocycles. The number of nitro groups is 1. The minimum Gasteiger partial charge on any atom is -0.363 e. The highest BCUT2D eigenvalue weighted by atomic mass is 79.9. The highest BCUT2D eigenvalue weighted by Gasteiger charge is 2.22. The molecule has 112 valence electrons. The first-order chi connectivity index (χ1) is 9.54. The van der Waals surface area contributed by atoms with E-state index in [4.69, 9.17) is 0 Å². The van der Waals surface area contributed by atoms with Crippen LogP contribution in [0.15, 0.2) is 18.2 Å². The first-order valence-corrected chi connectivity index (χ1v) is 8.27. The number of alkyl halides is 1. The lowest BCUT2D eigenvalue weighted by atomic mass is 10.1. The van der Waals surface area contributed by atoms with Gasteiger partial charge in [-0.25, -0.2) is 0 Å². The molecule has 0 bridgehead atoms. The lowest BCUT2D eigenvalue weighted by molar-refractivity contribution is -0.384. The highest BCUT2D eigenvalue weighted by Crippen LogP contribution is 2.32. The Morgan fingerprint density at radius 3 is 2.60 bits per heavy atom. The van der Waals surface area contributed by atoms with Crippen molar-refractivity contribution in [2.24, 2.45) is 0 Å². The molecular weight excluding hydrogens is 320 g/mol. The molecule has 0 amide bonds. The van der Waals surface area contributed by atoms with Crippen LogP contribution in [-0.4, -0.2) is 17.5 Å². The number of rotatable bonds is 8. The van der Waals surface area contributed by atoms with Gasteiger partial charge in [0, 0.05) is 24.0 Å². The molecule has 1 unspecified atom stereocenters. The Kier molecular flexibility index (Phi) is 6.99. The Hall–Kier alpha value is -1.10. The van der Waals surface area contributed by atoms with Gasteiger partial charge in [0.25, 0.3) is 5.69 Å². The van der Waals surface area contributed by atoms with Gasteiger partial charge >= 0.3 is 0 Å². The summed E-state index contributed by atoms with van der Waals surface area (Å²) in [6.07, 6.45) is 3.10. The number of nitrogens with zero attached hydrogens (tertiary/aromatic N) is 2. The van der Waals surface area contributed by atoms with Crippen molar-refractivity contribution in [2.45, 2.75) is 51.4 Å². The molecule has 1 rings (SSSR count). The maximum atomic E-state index is 11.3. The Morgan fingerprint density at radius 2 is 2.10 bits per heavy atom. The molecule has 1 aromatic rings. The zero-order valence-corrected chi connectivity index (χ0v) is 14.0. The predicted molar refractivity (Wildman–Crippen MR) is 87.7 cm³/mol. The monoisotopic (exact) mass is 342 g/mol. The van der Waals surface area contributed by atoms with E-state index < -0.39 is 0 Å². The molecule has 0 fully saturated rings. The van der Waals surface area contributed by atoms with Crippen LogP contribution in [0.3, 0.4) is 0 Å². The highest BCUT2D eigenvalue weighted by molar-refractivity contribution is 9.08. The van der Waals surface area contributed by atoms with Gasteiger partial charge in [-0.1, -0.05) is 42.3 Å². The van der Waals surface area contributed by atoms with E-state index in [-0.39, 0.29) is 10.6 Å². The van der Waals surface area contributed by atoms with E-state index in [1.54, 1.807) is 6.07 Å². The number of nitro benzene ring substituents is 1. The summed E-state index contributed by atoms with van der Waals surface area (Å²) >= 11 is 3.35. The molecule has 5 heteroatoms. The van der Waals surface area contributed by atoms with E-state index in [9.17, 15) is 10.1 Å². The Bertz CT molecular complexity index is 451. The number of halogens is 1. The minimum atomic E-state index is -0.275. The molecule has 0 N–H and O–H groups in total. The minimum absolute atomic E-state index is 0.207. The van der Waals surface area contributed by atoms with Crippen LogP contribution in [0.1, 0.15) is 45.6 Å². The average Bonchev–Trinajstić information content (AvgIpc) is 2.47. The summed E-state index contributed by atoms with van der Waals surface area (Å²) in [7, 11) is 0. The van der Waals surface area contributed by atoms with Crippen molar-refractivity contribution in [2.75, 3.05) is 11.4 Å². The fourth-order valence-electron chi connectivity index (χ4n) is 2.17. The fourth-order valence-corrected chi connectivity index (χ4v) is 2.52. The van der Waals surface area contributed by atoms with Crippen molar-refractivity contribution in [3.8, 4) is 0 Å². The number of hydrogen-bond acceptors (Lipinski definition) is 3. The van der Waals surface area contributed by atoms with Crippen LogP contribution in [0.2, 0.25) is 0 Å². The summed E-state index contributed by atoms with van der Waals surface area (Å²) in [5.74, 6) is 0. The van der Waals surface area contributed by atoms with Crippen molar-refractivity contribution >= 4 is 27.3 Å². The zero-order valence-electron chi connectivity index (χ0n) is 12.4. The van der Waals surface area contributed by atoms with Crippen LogP contribution < -0.4 is 4.90 Å². The van der Waals surface area contributed by atoms with Gasteiger partial charge < -0.3 is 4.90 Å². The van der Waals surface area contributed by atoms with Crippen LogP contribution in [0.4, 0.5) is 11.4 Å². The third-order valence-corrected chi connectivity index (χ3v) is 4.22. The molecule has 0 spiro atoms.